The molecule has 10 nitrogen and oxygen atoms in total. The Labute approximate surface area is 182 Å². The van der Waals surface area contributed by atoms with Gasteiger partial charge in [-0.1, -0.05) is 0 Å². The molecule has 0 aliphatic carbocycles. The maximum absolute atomic E-state index is 12.9. The number of aromatic nitrogens is 3. The topological polar surface area (TPSA) is 110 Å². The minimum Gasteiger partial charge on any atom is -0.490 e. The number of ether oxygens (including phenoxy) is 2. The maximum Gasteiger partial charge on any atom is 0.241 e. The van der Waals surface area contributed by atoms with E-state index in [9.17, 15) is 8.42 Å². The molecule has 2 aliphatic heterocycles. The SMILES string of the molecule is CN(C)c1nc(CNS(=O)(=O)c2ccc3c(c2)OCCCO3)nc(N2CCCCC2)n1. The van der Waals surface area contributed by atoms with Crippen molar-refractivity contribution < 1.29 is 17.9 Å². The van der Waals surface area contributed by atoms with Gasteiger partial charge in [0.05, 0.1) is 24.7 Å². The Morgan fingerprint density at radius 3 is 2.48 bits per heavy atom. The molecular weight excluding hydrogens is 420 g/mol. The molecule has 1 aromatic carbocycles. The molecule has 1 N–H and O–H groups in total. The average molecular weight is 449 g/mol. The van der Waals surface area contributed by atoms with Crippen molar-refractivity contribution in [2.24, 2.45) is 0 Å². The zero-order valence-corrected chi connectivity index (χ0v) is 18.7. The van der Waals surface area contributed by atoms with E-state index < -0.39 is 10.0 Å². The van der Waals surface area contributed by atoms with Gasteiger partial charge in [-0.2, -0.15) is 15.0 Å². The predicted octanol–water partition coefficient (Wildman–Crippen LogP) is 1.57. The molecule has 0 amide bonds. The van der Waals surface area contributed by atoms with Gasteiger partial charge < -0.3 is 19.3 Å². The number of hydrogen-bond acceptors (Lipinski definition) is 9. The highest BCUT2D eigenvalue weighted by atomic mass is 32.2. The van der Waals surface area contributed by atoms with Crippen LogP contribution in [0.1, 0.15) is 31.5 Å². The first kappa shape index (κ1) is 21.6. The third kappa shape index (κ3) is 5.16. The van der Waals surface area contributed by atoms with Crippen LogP contribution in [0.5, 0.6) is 11.5 Å². The molecule has 0 saturated carbocycles. The van der Waals surface area contributed by atoms with Crippen molar-refractivity contribution in [3.05, 3.63) is 24.0 Å². The van der Waals surface area contributed by atoms with Gasteiger partial charge in [0.15, 0.2) is 17.3 Å². The second-order valence-electron chi connectivity index (χ2n) is 7.78. The number of sulfonamides is 1. The minimum atomic E-state index is -3.79. The van der Waals surface area contributed by atoms with Crippen LogP contribution in [0.4, 0.5) is 11.9 Å². The third-order valence-electron chi connectivity index (χ3n) is 5.15. The standard InChI is InChI=1S/C20H28N6O4S/c1-25(2)19-22-18(23-20(24-19)26-9-4-3-5-10-26)14-21-31(27,28)15-7-8-16-17(13-15)30-12-6-11-29-16/h7-8,13,21H,3-6,9-12,14H2,1-2H3. The summed E-state index contributed by atoms with van der Waals surface area (Å²) in [4.78, 5) is 17.5. The molecule has 0 atom stereocenters. The van der Waals surface area contributed by atoms with Gasteiger partial charge in [-0.15, -0.1) is 0 Å². The van der Waals surface area contributed by atoms with E-state index in [-0.39, 0.29) is 11.4 Å². The molecule has 11 heteroatoms. The van der Waals surface area contributed by atoms with Crippen LogP contribution in [0.2, 0.25) is 0 Å². The number of fused-ring (bicyclic) bond motifs is 1. The van der Waals surface area contributed by atoms with Gasteiger partial charge in [-0.3, -0.25) is 0 Å². The number of nitrogens with zero attached hydrogens (tertiary/aromatic N) is 5. The highest BCUT2D eigenvalue weighted by molar-refractivity contribution is 7.89. The number of piperidine rings is 1. The van der Waals surface area contributed by atoms with E-state index in [0.29, 0.717) is 42.4 Å². The van der Waals surface area contributed by atoms with Crippen molar-refractivity contribution in [3.63, 3.8) is 0 Å². The van der Waals surface area contributed by atoms with Crippen LogP contribution >= 0.6 is 0 Å². The largest absolute Gasteiger partial charge is 0.490 e. The lowest BCUT2D eigenvalue weighted by atomic mass is 10.1. The minimum absolute atomic E-state index is 0.0407. The summed E-state index contributed by atoms with van der Waals surface area (Å²) in [5.74, 6) is 2.44. The normalized spacial score (nSPS) is 16.6. The highest BCUT2D eigenvalue weighted by Gasteiger charge is 2.21. The van der Waals surface area contributed by atoms with Gasteiger partial charge in [0, 0.05) is 39.7 Å². The zero-order chi connectivity index (χ0) is 21.8. The highest BCUT2D eigenvalue weighted by Crippen LogP contribution is 2.31. The fourth-order valence-electron chi connectivity index (χ4n) is 3.46. The van der Waals surface area contributed by atoms with Gasteiger partial charge in [-0.25, -0.2) is 13.1 Å². The first-order valence-electron chi connectivity index (χ1n) is 10.5. The Kier molecular flexibility index (Phi) is 6.42. The lowest BCUT2D eigenvalue weighted by molar-refractivity contribution is 0.297. The molecule has 0 spiro atoms. The van der Waals surface area contributed by atoms with Crippen LogP contribution < -0.4 is 24.0 Å². The summed E-state index contributed by atoms with van der Waals surface area (Å²) in [5, 5.41) is 0. The fraction of sp³-hybridized carbons (Fsp3) is 0.550. The van der Waals surface area contributed by atoms with E-state index >= 15 is 0 Å². The van der Waals surface area contributed by atoms with Gasteiger partial charge >= 0.3 is 0 Å². The monoisotopic (exact) mass is 448 g/mol. The second kappa shape index (κ2) is 9.23. The van der Waals surface area contributed by atoms with Gasteiger partial charge in [0.1, 0.15) is 0 Å². The molecule has 1 saturated heterocycles. The van der Waals surface area contributed by atoms with Crippen molar-refractivity contribution >= 4 is 21.9 Å². The van der Waals surface area contributed by atoms with Gasteiger partial charge in [0.2, 0.25) is 21.9 Å². The van der Waals surface area contributed by atoms with E-state index in [1.165, 1.54) is 18.6 Å². The number of hydrogen-bond donors (Lipinski definition) is 1. The molecule has 0 bridgehead atoms. The van der Waals surface area contributed by atoms with E-state index in [2.05, 4.69) is 24.6 Å². The first-order valence-corrected chi connectivity index (χ1v) is 12.0. The summed E-state index contributed by atoms with van der Waals surface area (Å²) in [6, 6.07) is 4.62. The molecule has 1 aromatic heterocycles. The van der Waals surface area contributed by atoms with E-state index in [4.69, 9.17) is 9.47 Å². The zero-order valence-electron chi connectivity index (χ0n) is 17.9. The van der Waals surface area contributed by atoms with E-state index in [0.717, 1.165) is 32.4 Å². The molecule has 4 rings (SSSR count). The fourth-order valence-corrected chi connectivity index (χ4v) is 4.46. The summed E-state index contributed by atoms with van der Waals surface area (Å²) in [6.45, 7) is 2.77. The summed E-state index contributed by atoms with van der Waals surface area (Å²) in [7, 11) is -0.0914. The van der Waals surface area contributed by atoms with Gasteiger partial charge in [0.25, 0.3) is 0 Å². The quantitative estimate of drug-likeness (QED) is 0.704. The van der Waals surface area contributed by atoms with Crippen LogP contribution in [-0.4, -0.2) is 63.8 Å². The smallest absolute Gasteiger partial charge is 0.241 e. The molecule has 3 heterocycles. The van der Waals surface area contributed by atoms with E-state index in [1.54, 1.807) is 11.0 Å². The first-order chi connectivity index (χ1) is 14.9. The third-order valence-corrected chi connectivity index (χ3v) is 6.55. The average Bonchev–Trinajstić information content (AvgIpc) is 3.03. The lowest BCUT2D eigenvalue weighted by Crippen LogP contribution is -2.33. The summed E-state index contributed by atoms with van der Waals surface area (Å²) >= 11 is 0. The molecule has 1 fully saturated rings. The summed E-state index contributed by atoms with van der Waals surface area (Å²) in [5.41, 5.74) is 0. The molecule has 31 heavy (non-hydrogen) atoms. The summed E-state index contributed by atoms with van der Waals surface area (Å²) < 4.78 is 39.5. The lowest BCUT2D eigenvalue weighted by Gasteiger charge is -2.27. The Morgan fingerprint density at radius 1 is 1.00 bits per heavy atom. The number of nitrogens with one attached hydrogen (secondary N) is 1. The molecule has 0 unspecified atom stereocenters. The predicted molar refractivity (Wildman–Crippen MR) is 116 cm³/mol. The Bertz CT molecular complexity index is 1020. The van der Waals surface area contributed by atoms with Crippen molar-refractivity contribution in [2.75, 3.05) is 50.2 Å². The maximum atomic E-state index is 12.9. The Hall–Kier alpha value is -2.66. The Balaban J connectivity index is 1.53. The number of rotatable bonds is 6. The number of anilines is 2. The van der Waals surface area contributed by atoms with Crippen molar-refractivity contribution in [1.29, 1.82) is 0 Å². The molecule has 168 valence electrons. The number of benzene rings is 1. The Morgan fingerprint density at radius 2 is 1.74 bits per heavy atom. The van der Waals surface area contributed by atoms with Crippen molar-refractivity contribution in [2.45, 2.75) is 37.1 Å². The van der Waals surface area contributed by atoms with Crippen LogP contribution in [0, 0.1) is 0 Å². The molecule has 0 radical (unpaired) electrons. The van der Waals surface area contributed by atoms with Crippen LogP contribution in [-0.2, 0) is 16.6 Å². The van der Waals surface area contributed by atoms with Gasteiger partial charge in [-0.05, 0) is 31.4 Å². The molecular formula is C20H28N6O4S. The van der Waals surface area contributed by atoms with Crippen molar-refractivity contribution in [3.8, 4) is 11.5 Å². The molecule has 2 aliphatic rings. The molecule has 2 aromatic rings. The van der Waals surface area contributed by atoms with Crippen molar-refractivity contribution in [1.82, 2.24) is 19.7 Å². The second-order valence-corrected chi connectivity index (χ2v) is 9.54. The van der Waals surface area contributed by atoms with Crippen LogP contribution in [0.3, 0.4) is 0 Å². The van der Waals surface area contributed by atoms with Crippen LogP contribution in [0.25, 0.3) is 0 Å². The van der Waals surface area contributed by atoms with E-state index in [1.807, 2.05) is 14.1 Å². The van der Waals surface area contributed by atoms with Crippen LogP contribution in [0.15, 0.2) is 23.1 Å². The summed E-state index contributed by atoms with van der Waals surface area (Å²) in [6.07, 6.45) is 4.14.